The fraction of sp³-hybridized carbons (Fsp3) is 0.625. The van der Waals surface area contributed by atoms with E-state index in [1.165, 1.54) is 6.42 Å². The first-order chi connectivity index (χ1) is 9.78. The zero-order valence-electron chi connectivity index (χ0n) is 12.0. The first-order valence-electron chi connectivity index (χ1n) is 7.44. The van der Waals surface area contributed by atoms with Crippen molar-refractivity contribution in [2.24, 2.45) is 11.8 Å². The van der Waals surface area contributed by atoms with Crippen LogP contribution < -0.4 is 9.47 Å². The molecular weight excluding hydrogens is 254 g/mol. The molecule has 1 saturated heterocycles. The summed E-state index contributed by atoms with van der Waals surface area (Å²) < 4.78 is 11.1. The van der Waals surface area contributed by atoms with Gasteiger partial charge in [0.15, 0.2) is 11.5 Å². The molecule has 1 N–H and O–H groups in total. The maximum absolute atomic E-state index is 9.91. The van der Waals surface area contributed by atoms with Gasteiger partial charge in [-0.2, -0.15) is 0 Å². The highest BCUT2D eigenvalue weighted by atomic mass is 16.5. The number of ether oxygens (including phenoxy) is 2. The molecule has 4 heteroatoms. The first-order valence-corrected chi connectivity index (χ1v) is 7.44. The number of aliphatic hydroxyl groups is 1. The van der Waals surface area contributed by atoms with Crippen LogP contribution in [0.1, 0.15) is 12.8 Å². The molecule has 2 aliphatic rings. The van der Waals surface area contributed by atoms with E-state index >= 15 is 0 Å². The van der Waals surface area contributed by atoms with Crippen LogP contribution in [0.15, 0.2) is 24.3 Å². The Balaban J connectivity index is 1.47. The normalized spacial score (nSPS) is 29.4. The number of hydrogen-bond acceptors (Lipinski definition) is 4. The molecule has 0 aromatic heterocycles. The number of likely N-dealkylation sites (tertiary alicyclic amines) is 1. The van der Waals surface area contributed by atoms with Gasteiger partial charge in [0, 0.05) is 25.6 Å². The van der Waals surface area contributed by atoms with Crippen LogP contribution in [0.3, 0.4) is 0 Å². The molecule has 3 atom stereocenters. The Morgan fingerprint density at radius 2 is 2.00 bits per heavy atom. The molecule has 1 aliphatic heterocycles. The molecule has 20 heavy (non-hydrogen) atoms. The third-order valence-electron chi connectivity index (χ3n) is 4.63. The summed E-state index contributed by atoms with van der Waals surface area (Å²) in [5.41, 5.74) is 0. The number of methoxy groups -OCH3 is 1. The number of fused-ring (bicyclic) bond motifs is 1. The number of para-hydroxylation sites is 2. The van der Waals surface area contributed by atoms with Gasteiger partial charge in [0.1, 0.15) is 6.61 Å². The van der Waals surface area contributed by atoms with Crippen LogP contribution in [0, 0.1) is 11.8 Å². The Morgan fingerprint density at radius 3 is 2.75 bits per heavy atom. The summed E-state index contributed by atoms with van der Waals surface area (Å²) in [6, 6.07) is 7.73. The smallest absolute Gasteiger partial charge is 0.161 e. The number of aliphatic hydroxyl groups excluding tert-OH is 1. The minimum Gasteiger partial charge on any atom is -0.493 e. The SMILES string of the molecule is COc1ccccc1OCCN1CC2CCC(O)C2C1. The second-order valence-electron chi connectivity index (χ2n) is 5.83. The van der Waals surface area contributed by atoms with E-state index in [0.717, 1.165) is 37.6 Å². The van der Waals surface area contributed by atoms with Crippen LogP contribution in [-0.4, -0.2) is 49.5 Å². The van der Waals surface area contributed by atoms with E-state index in [-0.39, 0.29) is 6.10 Å². The van der Waals surface area contributed by atoms with Crippen molar-refractivity contribution in [3.8, 4) is 11.5 Å². The van der Waals surface area contributed by atoms with Gasteiger partial charge in [-0.05, 0) is 30.9 Å². The average molecular weight is 277 g/mol. The summed E-state index contributed by atoms with van der Waals surface area (Å²) in [4.78, 5) is 2.41. The zero-order chi connectivity index (χ0) is 13.9. The highest BCUT2D eigenvalue weighted by Gasteiger charge is 2.41. The molecule has 1 aliphatic carbocycles. The van der Waals surface area contributed by atoms with Gasteiger partial charge in [-0.15, -0.1) is 0 Å². The van der Waals surface area contributed by atoms with Crippen molar-refractivity contribution < 1.29 is 14.6 Å². The quantitative estimate of drug-likeness (QED) is 0.891. The number of rotatable bonds is 5. The van der Waals surface area contributed by atoms with Crippen LogP contribution in [-0.2, 0) is 0 Å². The van der Waals surface area contributed by atoms with E-state index in [1.54, 1.807) is 7.11 Å². The minimum atomic E-state index is -0.0832. The molecule has 1 heterocycles. The Kier molecular flexibility index (Phi) is 4.13. The van der Waals surface area contributed by atoms with Gasteiger partial charge in [0.2, 0.25) is 0 Å². The molecule has 0 radical (unpaired) electrons. The third kappa shape index (κ3) is 2.76. The minimum absolute atomic E-state index is 0.0832. The second-order valence-corrected chi connectivity index (χ2v) is 5.83. The molecule has 1 saturated carbocycles. The first kappa shape index (κ1) is 13.7. The Bertz CT molecular complexity index is 451. The third-order valence-corrected chi connectivity index (χ3v) is 4.63. The highest BCUT2D eigenvalue weighted by molar-refractivity contribution is 5.39. The van der Waals surface area contributed by atoms with Crippen molar-refractivity contribution in [3.05, 3.63) is 24.3 Å². The van der Waals surface area contributed by atoms with Gasteiger partial charge in [0.05, 0.1) is 13.2 Å². The van der Waals surface area contributed by atoms with E-state index in [9.17, 15) is 5.11 Å². The number of nitrogens with zero attached hydrogens (tertiary/aromatic N) is 1. The molecule has 3 unspecified atom stereocenters. The lowest BCUT2D eigenvalue weighted by molar-refractivity contribution is 0.122. The monoisotopic (exact) mass is 277 g/mol. The zero-order valence-corrected chi connectivity index (χ0v) is 12.0. The van der Waals surface area contributed by atoms with E-state index in [4.69, 9.17) is 9.47 Å². The number of hydrogen-bond donors (Lipinski definition) is 1. The van der Waals surface area contributed by atoms with Crippen molar-refractivity contribution in [3.63, 3.8) is 0 Å². The van der Waals surface area contributed by atoms with Crippen LogP contribution in [0.25, 0.3) is 0 Å². The van der Waals surface area contributed by atoms with Crippen LogP contribution in [0.2, 0.25) is 0 Å². The molecule has 1 aromatic rings. The van der Waals surface area contributed by atoms with Crippen molar-refractivity contribution >= 4 is 0 Å². The summed E-state index contributed by atoms with van der Waals surface area (Å²) in [7, 11) is 1.66. The number of benzene rings is 1. The molecule has 110 valence electrons. The van der Waals surface area contributed by atoms with E-state index in [1.807, 2.05) is 24.3 Å². The largest absolute Gasteiger partial charge is 0.493 e. The predicted molar refractivity (Wildman–Crippen MR) is 77.1 cm³/mol. The molecular formula is C16H23NO3. The summed E-state index contributed by atoms with van der Waals surface area (Å²) in [5.74, 6) is 2.76. The highest BCUT2D eigenvalue weighted by Crippen LogP contribution is 2.37. The van der Waals surface area contributed by atoms with E-state index in [2.05, 4.69) is 4.90 Å². The van der Waals surface area contributed by atoms with Crippen molar-refractivity contribution in [2.75, 3.05) is 33.4 Å². The summed E-state index contributed by atoms with van der Waals surface area (Å²) in [6.45, 7) is 3.70. The molecule has 4 nitrogen and oxygen atoms in total. The average Bonchev–Trinajstić information content (AvgIpc) is 3.02. The Labute approximate surface area is 120 Å². The maximum Gasteiger partial charge on any atom is 0.161 e. The van der Waals surface area contributed by atoms with Crippen molar-refractivity contribution in [2.45, 2.75) is 18.9 Å². The predicted octanol–water partition coefficient (Wildman–Crippen LogP) is 1.78. The molecule has 0 amide bonds. The van der Waals surface area contributed by atoms with E-state index in [0.29, 0.717) is 18.4 Å². The molecule has 3 rings (SSSR count). The maximum atomic E-state index is 9.91. The Morgan fingerprint density at radius 1 is 1.20 bits per heavy atom. The Hall–Kier alpha value is -1.26. The lowest BCUT2D eigenvalue weighted by Crippen LogP contribution is -2.28. The van der Waals surface area contributed by atoms with Crippen LogP contribution >= 0.6 is 0 Å². The fourth-order valence-electron chi connectivity index (χ4n) is 3.53. The van der Waals surface area contributed by atoms with Gasteiger partial charge in [-0.1, -0.05) is 12.1 Å². The summed E-state index contributed by atoms with van der Waals surface area (Å²) in [5, 5.41) is 9.91. The molecule has 0 spiro atoms. The fourth-order valence-corrected chi connectivity index (χ4v) is 3.53. The topological polar surface area (TPSA) is 41.9 Å². The lowest BCUT2D eigenvalue weighted by atomic mass is 10.00. The van der Waals surface area contributed by atoms with E-state index < -0.39 is 0 Å². The lowest BCUT2D eigenvalue weighted by Gasteiger charge is -2.18. The summed E-state index contributed by atoms with van der Waals surface area (Å²) >= 11 is 0. The van der Waals surface area contributed by atoms with Gasteiger partial charge in [-0.3, -0.25) is 4.90 Å². The second kappa shape index (κ2) is 6.02. The molecule has 2 fully saturated rings. The van der Waals surface area contributed by atoms with Crippen LogP contribution in [0.4, 0.5) is 0 Å². The molecule has 1 aromatic carbocycles. The van der Waals surface area contributed by atoms with Crippen molar-refractivity contribution in [1.82, 2.24) is 4.90 Å². The van der Waals surface area contributed by atoms with Gasteiger partial charge in [-0.25, -0.2) is 0 Å². The summed E-state index contributed by atoms with van der Waals surface area (Å²) in [6.07, 6.45) is 2.08. The van der Waals surface area contributed by atoms with Crippen molar-refractivity contribution in [1.29, 1.82) is 0 Å². The standard InChI is InChI=1S/C16H23NO3/c1-19-15-4-2-3-5-16(15)20-9-8-17-10-12-6-7-14(18)13(12)11-17/h2-5,12-14,18H,6-11H2,1H3. The van der Waals surface area contributed by atoms with Gasteiger partial charge in [0.25, 0.3) is 0 Å². The van der Waals surface area contributed by atoms with Gasteiger partial charge >= 0.3 is 0 Å². The van der Waals surface area contributed by atoms with Crippen LogP contribution in [0.5, 0.6) is 11.5 Å². The molecule has 0 bridgehead atoms. The van der Waals surface area contributed by atoms with Gasteiger partial charge < -0.3 is 14.6 Å².